The molecule has 1 aliphatic rings. The van der Waals surface area contributed by atoms with Crippen molar-refractivity contribution in [1.82, 2.24) is 9.21 Å². The summed E-state index contributed by atoms with van der Waals surface area (Å²) >= 11 is 0. The van der Waals surface area contributed by atoms with E-state index in [1.807, 2.05) is 27.7 Å². The number of piperazine rings is 1. The predicted molar refractivity (Wildman–Crippen MR) is 85.2 cm³/mol. The number of halogens is 1. The van der Waals surface area contributed by atoms with Crippen LogP contribution in [0.4, 0.5) is 0 Å². The molecule has 1 rings (SSSR count). The third-order valence-electron chi connectivity index (χ3n) is 3.54. The van der Waals surface area contributed by atoms with Crippen molar-refractivity contribution in [3.8, 4) is 0 Å². The molecular weight excluding hydrogens is 316 g/mol. The van der Waals surface area contributed by atoms with Gasteiger partial charge in [-0.25, -0.2) is 5.14 Å². The van der Waals surface area contributed by atoms with E-state index in [0.29, 0.717) is 18.9 Å². The molecule has 9 heteroatoms. The van der Waals surface area contributed by atoms with Crippen LogP contribution in [0.2, 0.25) is 0 Å². The molecule has 126 valence electrons. The highest BCUT2D eigenvalue weighted by molar-refractivity contribution is 7.86. The first-order valence-electron chi connectivity index (χ1n) is 6.80. The van der Waals surface area contributed by atoms with Gasteiger partial charge in [-0.05, 0) is 26.2 Å². The zero-order valence-electron chi connectivity index (χ0n) is 13.1. The Morgan fingerprint density at radius 2 is 1.81 bits per heavy atom. The fraction of sp³-hybridized carbons (Fsp3) is 0.917. The highest BCUT2D eigenvalue weighted by Gasteiger charge is 2.41. The Labute approximate surface area is 133 Å². The van der Waals surface area contributed by atoms with Crippen LogP contribution in [0.25, 0.3) is 0 Å². The van der Waals surface area contributed by atoms with Crippen LogP contribution in [-0.2, 0) is 15.0 Å². The number of hydrogen-bond donors (Lipinski definition) is 2. The van der Waals surface area contributed by atoms with Crippen molar-refractivity contribution in [2.24, 2.45) is 16.8 Å². The van der Waals surface area contributed by atoms with Crippen LogP contribution in [0.3, 0.4) is 0 Å². The van der Waals surface area contributed by atoms with Crippen molar-refractivity contribution in [3.05, 3.63) is 0 Å². The van der Waals surface area contributed by atoms with Gasteiger partial charge in [-0.1, -0.05) is 13.8 Å². The first-order chi connectivity index (χ1) is 8.95. The second-order valence-corrected chi connectivity index (χ2v) is 7.96. The van der Waals surface area contributed by atoms with Gasteiger partial charge in [-0.2, -0.15) is 12.7 Å². The van der Waals surface area contributed by atoms with Crippen LogP contribution < -0.4 is 10.9 Å². The summed E-state index contributed by atoms with van der Waals surface area (Å²) < 4.78 is 24.0. The Hall–Kier alpha value is -0.410. The quantitative estimate of drug-likeness (QED) is 0.743. The molecule has 1 heterocycles. The molecule has 1 atom stereocenters. The molecule has 0 aromatic rings. The topological polar surface area (TPSA) is 110 Å². The van der Waals surface area contributed by atoms with E-state index in [2.05, 4.69) is 0 Å². The molecule has 4 N–H and O–H groups in total. The third kappa shape index (κ3) is 5.37. The van der Waals surface area contributed by atoms with Crippen molar-refractivity contribution in [1.29, 1.82) is 0 Å². The van der Waals surface area contributed by atoms with E-state index in [0.717, 1.165) is 0 Å². The second kappa shape index (κ2) is 7.23. The van der Waals surface area contributed by atoms with E-state index < -0.39 is 21.8 Å². The van der Waals surface area contributed by atoms with Gasteiger partial charge < -0.3 is 10.6 Å². The lowest BCUT2D eigenvalue weighted by molar-refractivity contribution is -0.140. The first-order valence-corrected chi connectivity index (χ1v) is 8.30. The van der Waals surface area contributed by atoms with Gasteiger partial charge in [0.2, 0.25) is 5.91 Å². The molecule has 1 unspecified atom stereocenters. The number of nitrogens with two attached hydrogens (primary N) is 2. The largest absolute Gasteiger partial charge is 0.334 e. The van der Waals surface area contributed by atoms with Crippen LogP contribution in [0.15, 0.2) is 0 Å². The Morgan fingerprint density at radius 3 is 2.19 bits per heavy atom. The fourth-order valence-corrected chi connectivity index (χ4v) is 3.38. The highest BCUT2D eigenvalue weighted by Crippen LogP contribution is 2.23. The molecule has 0 bridgehead atoms. The number of carbonyl (C=O) groups is 1. The maximum atomic E-state index is 12.4. The SMILES string of the molecule is CC(C)CC(N)C(=O)N1CCN(S(N)(=O)=O)CC1(C)C.Cl. The van der Waals surface area contributed by atoms with Gasteiger partial charge in [0.1, 0.15) is 0 Å². The fourth-order valence-electron chi connectivity index (χ4n) is 2.54. The minimum Gasteiger partial charge on any atom is -0.334 e. The van der Waals surface area contributed by atoms with Gasteiger partial charge in [0.05, 0.1) is 11.6 Å². The van der Waals surface area contributed by atoms with Crippen LogP contribution in [0.1, 0.15) is 34.1 Å². The molecule has 7 nitrogen and oxygen atoms in total. The van der Waals surface area contributed by atoms with E-state index in [9.17, 15) is 13.2 Å². The number of hydrogen-bond acceptors (Lipinski definition) is 4. The summed E-state index contributed by atoms with van der Waals surface area (Å²) in [6, 6.07) is -0.546. The van der Waals surface area contributed by atoms with Crippen molar-refractivity contribution >= 4 is 28.5 Å². The molecule has 0 aromatic heterocycles. The van der Waals surface area contributed by atoms with Gasteiger partial charge in [-0.3, -0.25) is 4.79 Å². The highest BCUT2D eigenvalue weighted by atomic mass is 35.5. The molecule has 1 fully saturated rings. The molecule has 0 radical (unpaired) electrons. The summed E-state index contributed by atoms with van der Waals surface area (Å²) in [5.41, 5.74) is 5.33. The average molecular weight is 343 g/mol. The number of carbonyl (C=O) groups excluding carboxylic acids is 1. The number of rotatable bonds is 4. The smallest absolute Gasteiger partial charge is 0.277 e. The van der Waals surface area contributed by atoms with Crippen molar-refractivity contribution < 1.29 is 13.2 Å². The van der Waals surface area contributed by atoms with Crippen LogP contribution >= 0.6 is 12.4 Å². The van der Waals surface area contributed by atoms with Crippen molar-refractivity contribution in [2.45, 2.75) is 45.7 Å². The monoisotopic (exact) mass is 342 g/mol. The molecule has 0 saturated carbocycles. The molecule has 1 aliphatic heterocycles. The van der Waals surface area contributed by atoms with E-state index in [1.54, 1.807) is 4.90 Å². The van der Waals surface area contributed by atoms with Crippen molar-refractivity contribution in [3.63, 3.8) is 0 Å². The van der Waals surface area contributed by atoms with Gasteiger partial charge in [0, 0.05) is 19.6 Å². The molecule has 21 heavy (non-hydrogen) atoms. The zero-order chi connectivity index (χ0) is 15.7. The lowest BCUT2D eigenvalue weighted by Gasteiger charge is -2.46. The van der Waals surface area contributed by atoms with Gasteiger partial charge in [0.15, 0.2) is 0 Å². The normalized spacial score (nSPS) is 21.0. The van der Waals surface area contributed by atoms with Gasteiger partial charge >= 0.3 is 0 Å². The first kappa shape index (κ1) is 20.6. The van der Waals surface area contributed by atoms with E-state index in [4.69, 9.17) is 10.9 Å². The summed E-state index contributed by atoms with van der Waals surface area (Å²) in [6.07, 6.45) is 0.615. The molecule has 1 saturated heterocycles. The molecule has 0 spiro atoms. The maximum Gasteiger partial charge on any atom is 0.277 e. The van der Waals surface area contributed by atoms with E-state index in [-0.39, 0.29) is 31.4 Å². The molecular formula is C12H27ClN4O3S. The Morgan fingerprint density at radius 1 is 1.29 bits per heavy atom. The summed E-state index contributed by atoms with van der Waals surface area (Å²) in [5, 5.41) is 5.15. The molecule has 0 aromatic carbocycles. The number of nitrogens with zero attached hydrogens (tertiary/aromatic N) is 2. The second-order valence-electron chi connectivity index (χ2n) is 6.42. The van der Waals surface area contributed by atoms with Crippen LogP contribution in [-0.4, -0.2) is 54.7 Å². The zero-order valence-corrected chi connectivity index (χ0v) is 14.7. The van der Waals surface area contributed by atoms with Crippen LogP contribution in [0.5, 0.6) is 0 Å². The summed E-state index contributed by atoms with van der Waals surface area (Å²) in [7, 11) is -3.72. The minimum atomic E-state index is -3.72. The third-order valence-corrected chi connectivity index (χ3v) is 4.57. The summed E-state index contributed by atoms with van der Waals surface area (Å²) in [4.78, 5) is 14.1. The Balaban J connectivity index is 0.00000400. The maximum absolute atomic E-state index is 12.4. The van der Waals surface area contributed by atoms with Gasteiger partial charge in [-0.15, -0.1) is 12.4 Å². The number of amides is 1. The van der Waals surface area contributed by atoms with Gasteiger partial charge in [0.25, 0.3) is 10.2 Å². The average Bonchev–Trinajstić information content (AvgIpc) is 2.24. The Kier molecular flexibility index (Phi) is 7.09. The molecule has 1 amide bonds. The summed E-state index contributed by atoms with van der Waals surface area (Å²) in [6.45, 7) is 8.38. The van der Waals surface area contributed by atoms with Crippen LogP contribution in [0, 0.1) is 5.92 Å². The minimum absolute atomic E-state index is 0. The Bertz CT molecular complexity index is 467. The lowest BCUT2D eigenvalue weighted by Crippen LogP contribution is -2.65. The molecule has 0 aliphatic carbocycles. The summed E-state index contributed by atoms with van der Waals surface area (Å²) in [5.74, 6) is 0.209. The predicted octanol–water partition coefficient (Wildman–Crippen LogP) is -0.0921. The lowest BCUT2D eigenvalue weighted by atomic mass is 9.96. The van der Waals surface area contributed by atoms with Crippen molar-refractivity contribution in [2.75, 3.05) is 19.6 Å². The van der Waals surface area contributed by atoms with E-state index >= 15 is 0 Å². The standard InChI is InChI=1S/C12H26N4O3S.ClH/c1-9(2)7-10(13)11(17)16-6-5-15(20(14,18)19)8-12(16,3)4;/h9-10H,5-8,13H2,1-4H3,(H2,14,18,19);1H. The van der Waals surface area contributed by atoms with E-state index in [1.165, 1.54) is 4.31 Å².